The molecule has 0 N–H and O–H groups in total. The molecule has 0 radical (unpaired) electrons. The van der Waals surface area contributed by atoms with E-state index in [-0.39, 0.29) is 23.7 Å². The summed E-state index contributed by atoms with van der Waals surface area (Å²) in [6, 6.07) is 17.8. The fourth-order valence-corrected chi connectivity index (χ4v) is 6.65. The van der Waals surface area contributed by atoms with Crippen molar-refractivity contribution in [2.24, 2.45) is 0 Å². The smallest absolute Gasteiger partial charge is 0.399 e. The van der Waals surface area contributed by atoms with Gasteiger partial charge in [0, 0.05) is 20.7 Å². The molecule has 0 amide bonds. The summed E-state index contributed by atoms with van der Waals surface area (Å²) in [5.41, 5.74) is 5.04. The van der Waals surface area contributed by atoms with Crippen LogP contribution in [0, 0.1) is 0 Å². The van der Waals surface area contributed by atoms with Gasteiger partial charge in [-0.05, 0) is 62.8 Å². The predicted octanol–water partition coefficient (Wildman–Crippen LogP) is 5.57. The second-order valence-corrected chi connectivity index (χ2v) is 10.3. The molecule has 2 aliphatic heterocycles. The quantitative estimate of drug-likeness (QED) is 0.608. The Morgan fingerprint density at radius 1 is 0.926 bits per heavy atom. The largest absolute Gasteiger partial charge is 0.496 e. The molecule has 2 atom stereocenters. The zero-order valence-electron chi connectivity index (χ0n) is 16.2. The van der Waals surface area contributed by atoms with Gasteiger partial charge in [-0.3, -0.25) is 0 Å². The van der Waals surface area contributed by atoms with E-state index in [9.17, 15) is 0 Å². The lowest BCUT2D eigenvalue weighted by molar-refractivity contribution is 0.00578. The normalized spacial score (nSPS) is 31.3. The molecule has 136 valence electrons. The Labute approximate surface area is 165 Å². The molecule has 2 aromatic carbocycles. The second-order valence-electron chi connectivity index (χ2n) is 9.24. The Bertz CT molecular complexity index is 1010. The molecule has 1 saturated heterocycles. The minimum Gasteiger partial charge on any atom is -0.399 e. The summed E-state index contributed by atoms with van der Waals surface area (Å²) in [6.07, 6.45) is 1.20. The molecule has 2 nitrogen and oxygen atoms in total. The standard InChI is InChI=1S/C23H23BO2S/c1-21(2)22(3,4)26-24(25-21)19-15-10-6-5-9-14(15)17-13-23(17)16-11-7-8-12-18(16)27-20(19)23/h5-12,17H,13H2,1-4H3. The number of hydrogen-bond donors (Lipinski definition) is 0. The van der Waals surface area contributed by atoms with Crippen LogP contribution in [0.15, 0.2) is 58.3 Å². The minimum absolute atomic E-state index is 0.147. The zero-order chi connectivity index (χ0) is 18.6. The van der Waals surface area contributed by atoms with E-state index in [2.05, 4.69) is 76.2 Å². The van der Waals surface area contributed by atoms with Crippen molar-refractivity contribution in [3.05, 3.63) is 70.1 Å². The first-order valence-electron chi connectivity index (χ1n) is 9.82. The van der Waals surface area contributed by atoms with Crippen LogP contribution in [0.1, 0.15) is 56.7 Å². The third-order valence-electron chi connectivity index (χ3n) is 7.31. The number of benzene rings is 2. The Morgan fingerprint density at radius 2 is 1.59 bits per heavy atom. The van der Waals surface area contributed by atoms with Crippen molar-refractivity contribution in [3.63, 3.8) is 0 Å². The van der Waals surface area contributed by atoms with Crippen molar-refractivity contribution >= 4 is 24.4 Å². The highest BCUT2D eigenvalue weighted by Gasteiger charge is 2.67. The Kier molecular flexibility index (Phi) is 3.00. The van der Waals surface area contributed by atoms with E-state index in [1.807, 2.05) is 11.8 Å². The summed E-state index contributed by atoms with van der Waals surface area (Å²) in [6.45, 7) is 8.55. The highest BCUT2D eigenvalue weighted by Crippen LogP contribution is 2.76. The molecule has 0 bridgehead atoms. The fourth-order valence-electron chi connectivity index (χ4n) is 5.09. The highest BCUT2D eigenvalue weighted by atomic mass is 32.2. The lowest BCUT2D eigenvalue weighted by atomic mass is 9.66. The summed E-state index contributed by atoms with van der Waals surface area (Å²) >= 11 is 1.94. The van der Waals surface area contributed by atoms with E-state index >= 15 is 0 Å². The van der Waals surface area contributed by atoms with Crippen LogP contribution >= 0.6 is 11.8 Å². The number of allylic oxidation sites excluding steroid dienone is 1. The first-order chi connectivity index (χ1) is 12.9. The van der Waals surface area contributed by atoms with Crippen LogP contribution in [-0.2, 0) is 14.7 Å². The molecule has 0 aromatic heterocycles. The van der Waals surface area contributed by atoms with Crippen LogP contribution in [0.5, 0.6) is 0 Å². The van der Waals surface area contributed by atoms with E-state index in [0.29, 0.717) is 5.92 Å². The van der Waals surface area contributed by atoms with Gasteiger partial charge < -0.3 is 9.31 Å². The molecule has 4 aliphatic rings. The summed E-state index contributed by atoms with van der Waals surface area (Å²) in [5, 5.41) is 0. The Morgan fingerprint density at radius 3 is 2.37 bits per heavy atom. The van der Waals surface area contributed by atoms with Crippen LogP contribution in [0.3, 0.4) is 0 Å². The van der Waals surface area contributed by atoms with Gasteiger partial charge in [0.05, 0.1) is 11.2 Å². The highest BCUT2D eigenvalue weighted by molar-refractivity contribution is 8.03. The van der Waals surface area contributed by atoms with Gasteiger partial charge >= 0.3 is 7.12 Å². The average Bonchev–Trinajstić information content (AvgIpc) is 3.24. The van der Waals surface area contributed by atoms with Gasteiger partial charge in [-0.1, -0.05) is 54.2 Å². The zero-order valence-corrected chi connectivity index (χ0v) is 17.0. The van der Waals surface area contributed by atoms with Crippen LogP contribution < -0.4 is 0 Å². The SMILES string of the molecule is CC1(C)OB(C2=C3Sc4ccccc4C34CC4c3ccccc32)OC1(C)C. The molecular formula is C23H23BO2S. The predicted molar refractivity (Wildman–Crippen MR) is 111 cm³/mol. The van der Waals surface area contributed by atoms with Gasteiger partial charge in [0.25, 0.3) is 0 Å². The lowest BCUT2D eigenvalue weighted by Crippen LogP contribution is -2.41. The van der Waals surface area contributed by atoms with Crippen LogP contribution in [0.25, 0.3) is 5.47 Å². The van der Waals surface area contributed by atoms with Crippen molar-refractivity contribution in [3.8, 4) is 0 Å². The van der Waals surface area contributed by atoms with Crippen molar-refractivity contribution in [1.29, 1.82) is 0 Å². The van der Waals surface area contributed by atoms with Crippen molar-refractivity contribution in [2.75, 3.05) is 0 Å². The van der Waals surface area contributed by atoms with Crippen LogP contribution in [-0.4, -0.2) is 18.3 Å². The summed E-state index contributed by atoms with van der Waals surface area (Å²) in [7, 11) is -0.314. The fraction of sp³-hybridized carbons (Fsp3) is 0.391. The van der Waals surface area contributed by atoms with Crippen molar-refractivity contribution < 1.29 is 9.31 Å². The third kappa shape index (κ3) is 1.92. The molecular weight excluding hydrogens is 351 g/mol. The number of thioether (sulfide) groups is 1. The van der Waals surface area contributed by atoms with E-state index in [0.717, 1.165) is 0 Å². The molecule has 2 aromatic rings. The maximum atomic E-state index is 6.54. The maximum Gasteiger partial charge on any atom is 0.496 e. The van der Waals surface area contributed by atoms with Gasteiger partial charge in [-0.15, -0.1) is 0 Å². The first kappa shape index (κ1) is 16.5. The first-order valence-corrected chi connectivity index (χ1v) is 10.6. The number of rotatable bonds is 1. The summed E-state index contributed by atoms with van der Waals surface area (Å²) < 4.78 is 13.1. The monoisotopic (exact) mass is 374 g/mol. The average molecular weight is 374 g/mol. The topological polar surface area (TPSA) is 18.5 Å². The van der Waals surface area contributed by atoms with Gasteiger partial charge in [0.1, 0.15) is 0 Å². The Hall–Kier alpha value is -1.49. The number of fused-ring (bicyclic) bond motifs is 3. The molecule has 6 rings (SSSR count). The molecule has 2 aliphatic carbocycles. The molecule has 4 heteroatoms. The van der Waals surface area contributed by atoms with Crippen molar-refractivity contribution in [1.82, 2.24) is 0 Å². The minimum atomic E-state index is -0.330. The summed E-state index contributed by atoms with van der Waals surface area (Å²) in [4.78, 5) is 2.86. The number of hydrogen-bond acceptors (Lipinski definition) is 3. The van der Waals surface area contributed by atoms with Crippen LogP contribution in [0.2, 0.25) is 0 Å². The van der Waals surface area contributed by atoms with Crippen molar-refractivity contribution in [2.45, 2.75) is 61.5 Å². The molecule has 1 saturated carbocycles. The van der Waals surface area contributed by atoms with Crippen LogP contribution in [0.4, 0.5) is 0 Å². The third-order valence-corrected chi connectivity index (χ3v) is 8.67. The lowest BCUT2D eigenvalue weighted by Gasteiger charge is -2.32. The van der Waals surface area contributed by atoms with E-state index in [1.54, 1.807) is 0 Å². The molecule has 2 heterocycles. The molecule has 2 unspecified atom stereocenters. The van der Waals surface area contributed by atoms with Gasteiger partial charge in [-0.2, -0.15) is 0 Å². The molecule has 1 spiro atoms. The Balaban J connectivity index is 1.59. The van der Waals surface area contributed by atoms with E-state index in [1.165, 1.54) is 38.4 Å². The van der Waals surface area contributed by atoms with Gasteiger partial charge in [0.2, 0.25) is 0 Å². The van der Waals surface area contributed by atoms with E-state index in [4.69, 9.17) is 9.31 Å². The summed E-state index contributed by atoms with van der Waals surface area (Å²) in [5.74, 6) is 0.589. The second kappa shape index (κ2) is 4.92. The maximum absolute atomic E-state index is 6.54. The van der Waals surface area contributed by atoms with E-state index < -0.39 is 0 Å². The van der Waals surface area contributed by atoms with Gasteiger partial charge in [0.15, 0.2) is 0 Å². The molecule has 2 fully saturated rings. The van der Waals surface area contributed by atoms with Gasteiger partial charge in [-0.25, -0.2) is 0 Å². The molecule has 27 heavy (non-hydrogen) atoms.